The van der Waals surface area contributed by atoms with Crippen molar-refractivity contribution in [2.75, 3.05) is 4.90 Å². The van der Waals surface area contributed by atoms with E-state index in [0.717, 1.165) is 28.7 Å². The van der Waals surface area contributed by atoms with Gasteiger partial charge in [-0.1, -0.05) is 71.9 Å². The van der Waals surface area contributed by atoms with E-state index in [4.69, 9.17) is 11.6 Å². The number of nitrogens with zero attached hydrogens (tertiary/aromatic N) is 2. The Bertz CT molecular complexity index is 1150. The number of rotatable bonds is 4. The average molecular weight is 449 g/mol. The molecule has 142 valence electrons. The molecule has 1 atom stereocenters. The summed E-state index contributed by atoms with van der Waals surface area (Å²) in [6.45, 7) is 0. The number of thiophene rings is 1. The lowest BCUT2D eigenvalue weighted by molar-refractivity contribution is -0.117. The summed E-state index contributed by atoms with van der Waals surface area (Å²) >= 11 is 7.92. The normalized spacial score (nSPS) is 18.8. The van der Waals surface area contributed by atoms with Crippen molar-refractivity contribution >= 4 is 61.5 Å². The molecule has 0 aliphatic carbocycles. The maximum Gasteiger partial charge on any atom is 0.294 e. The first-order valence-electron chi connectivity index (χ1n) is 8.17. The second kappa shape index (κ2) is 7.71. The molecule has 0 N–H and O–H groups in total. The molecule has 3 aromatic rings. The topological polar surface area (TPSA) is 66.8 Å². The van der Waals surface area contributed by atoms with Gasteiger partial charge >= 0.3 is 0 Å². The quantitative estimate of drug-likeness (QED) is 0.565. The molecule has 1 aliphatic heterocycles. The van der Waals surface area contributed by atoms with Gasteiger partial charge in [-0.05, 0) is 29.8 Å². The van der Waals surface area contributed by atoms with Gasteiger partial charge in [0, 0.05) is 0 Å². The first-order valence-corrected chi connectivity index (χ1v) is 11.7. The van der Waals surface area contributed by atoms with E-state index in [-0.39, 0.29) is 15.3 Å². The van der Waals surface area contributed by atoms with Crippen molar-refractivity contribution in [2.45, 2.75) is 9.46 Å². The predicted molar refractivity (Wildman–Crippen MR) is 115 cm³/mol. The molecule has 2 heterocycles. The zero-order valence-corrected chi connectivity index (χ0v) is 17.4. The third-order valence-electron chi connectivity index (χ3n) is 3.98. The Morgan fingerprint density at radius 3 is 2.18 bits per heavy atom. The van der Waals surface area contributed by atoms with Crippen LogP contribution in [0.5, 0.6) is 0 Å². The minimum Gasteiger partial charge on any atom is -0.272 e. The average Bonchev–Trinajstić information content (AvgIpc) is 3.27. The Morgan fingerprint density at radius 2 is 1.57 bits per heavy atom. The van der Waals surface area contributed by atoms with Gasteiger partial charge in [0.25, 0.3) is 15.9 Å². The molecule has 9 heteroatoms. The van der Waals surface area contributed by atoms with Crippen LogP contribution >= 0.6 is 34.7 Å². The van der Waals surface area contributed by atoms with Crippen LogP contribution in [0.25, 0.3) is 0 Å². The fourth-order valence-corrected chi connectivity index (χ4v) is 6.53. The lowest BCUT2D eigenvalue weighted by atomic mass is 10.1. The lowest BCUT2D eigenvalue weighted by Crippen LogP contribution is -2.30. The number of amidine groups is 1. The number of hydrogen-bond acceptors (Lipinski definition) is 5. The molecule has 28 heavy (non-hydrogen) atoms. The highest BCUT2D eigenvalue weighted by Crippen LogP contribution is 2.42. The number of hydrogen-bond donors (Lipinski definition) is 0. The van der Waals surface area contributed by atoms with E-state index in [1.54, 1.807) is 24.3 Å². The Balaban J connectivity index is 1.80. The third kappa shape index (κ3) is 3.73. The highest BCUT2D eigenvalue weighted by atomic mass is 35.5. The molecule has 1 saturated heterocycles. The van der Waals surface area contributed by atoms with Crippen molar-refractivity contribution in [3.63, 3.8) is 0 Å². The number of benzene rings is 2. The van der Waals surface area contributed by atoms with Gasteiger partial charge in [-0.15, -0.1) is 15.7 Å². The van der Waals surface area contributed by atoms with Crippen molar-refractivity contribution in [1.82, 2.24) is 0 Å². The van der Waals surface area contributed by atoms with Crippen LogP contribution < -0.4 is 4.90 Å². The SMILES string of the molecule is O=C1C(c2ccccc2)SC(=NS(=O)(=O)c2ccc(Cl)s2)N1c1ccccc1. The second-order valence-corrected chi connectivity index (χ2v) is 10.4. The molecule has 1 fully saturated rings. The summed E-state index contributed by atoms with van der Waals surface area (Å²) < 4.78 is 29.9. The van der Waals surface area contributed by atoms with Gasteiger partial charge in [0.2, 0.25) is 0 Å². The molecule has 1 aliphatic rings. The summed E-state index contributed by atoms with van der Waals surface area (Å²) in [7, 11) is -3.99. The van der Waals surface area contributed by atoms with Crippen LogP contribution in [0.3, 0.4) is 0 Å². The van der Waals surface area contributed by atoms with Crippen molar-refractivity contribution in [3.8, 4) is 0 Å². The van der Waals surface area contributed by atoms with Gasteiger partial charge in [-0.2, -0.15) is 8.42 Å². The molecule has 0 bridgehead atoms. The van der Waals surface area contributed by atoms with Gasteiger partial charge in [0.15, 0.2) is 5.17 Å². The maximum atomic E-state index is 13.2. The minimum atomic E-state index is -3.99. The maximum absolute atomic E-state index is 13.2. The Kier molecular flexibility index (Phi) is 5.29. The molecule has 0 radical (unpaired) electrons. The molecule has 5 nitrogen and oxygen atoms in total. The van der Waals surface area contributed by atoms with Crippen molar-refractivity contribution in [2.24, 2.45) is 4.40 Å². The highest BCUT2D eigenvalue weighted by Gasteiger charge is 2.41. The fraction of sp³-hybridized carbons (Fsp3) is 0.0526. The minimum absolute atomic E-state index is 0.0363. The zero-order chi connectivity index (χ0) is 19.7. The van der Waals surface area contributed by atoms with Gasteiger partial charge in [0.05, 0.1) is 10.0 Å². The standard InChI is InChI=1S/C19H13ClN2O3S3/c20-15-11-12-16(26-15)28(24,25)21-19-22(14-9-5-2-6-10-14)18(23)17(27-19)13-7-3-1-4-8-13/h1-12,17H. The number of para-hydroxylation sites is 1. The highest BCUT2D eigenvalue weighted by molar-refractivity contribution is 8.16. The van der Waals surface area contributed by atoms with Crippen molar-refractivity contribution < 1.29 is 13.2 Å². The van der Waals surface area contributed by atoms with Gasteiger partial charge in [-0.25, -0.2) is 0 Å². The summed E-state index contributed by atoms with van der Waals surface area (Å²) in [5, 5.41) is -0.447. The van der Waals surface area contributed by atoms with E-state index >= 15 is 0 Å². The molecule has 0 saturated carbocycles. The molecule has 1 aromatic heterocycles. The number of halogens is 1. The van der Waals surface area contributed by atoms with Crippen LogP contribution in [0.2, 0.25) is 4.34 Å². The number of anilines is 1. The molecular weight excluding hydrogens is 436 g/mol. The van der Waals surface area contributed by atoms with Gasteiger partial charge in [0.1, 0.15) is 9.46 Å². The van der Waals surface area contributed by atoms with Crippen LogP contribution in [-0.2, 0) is 14.8 Å². The smallest absolute Gasteiger partial charge is 0.272 e. The van der Waals surface area contributed by atoms with E-state index in [2.05, 4.69) is 4.40 Å². The number of thioether (sulfide) groups is 1. The largest absolute Gasteiger partial charge is 0.294 e. The van der Waals surface area contributed by atoms with E-state index in [1.165, 1.54) is 17.0 Å². The summed E-state index contributed by atoms with van der Waals surface area (Å²) in [5.41, 5.74) is 1.36. The van der Waals surface area contributed by atoms with E-state index in [0.29, 0.717) is 10.0 Å². The number of sulfonamides is 1. The van der Waals surface area contributed by atoms with Gasteiger partial charge in [-0.3, -0.25) is 9.69 Å². The van der Waals surface area contributed by atoms with Crippen LogP contribution in [-0.4, -0.2) is 19.5 Å². The first-order chi connectivity index (χ1) is 13.5. The third-order valence-corrected chi connectivity index (χ3v) is 8.25. The van der Waals surface area contributed by atoms with E-state index in [9.17, 15) is 13.2 Å². The predicted octanol–water partition coefficient (Wildman–Crippen LogP) is 4.97. The number of carbonyl (C=O) groups excluding carboxylic acids is 1. The fourth-order valence-electron chi connectivity index (χ4n) is 2.72. The molecule has 2 aromatic carbocycles. The Labute approximate surface area is 175 Å². The lowest BCUT2D eigenvalue weighted by Gasteiger charge is -2.16. The Hall–Kier alpha value is -2.13. The van der Waals surface area contributed by atoms with Crippen LogP contribution in [0.1, 0.15) is 10.8 Å². The zero-order valence-electron chi connectivity index (χ0n) is 14.2. The van der Waals surface area contributed by atoms with E-state index < -0.39 is 15.3 Å². The molecular formula is C19H13ClN2O3S3. The molecule has 0 spiro atoms. The summed E-state index contributed by atoms with van der Waals surface area (Å²) in [5.74, 6) is -0.236. The number of amides is 1. The van der Waals surface area contributed by atoms with Crippen LogP contribution in [0.4, 0.5) is 5.69 Å². The summed E-state index contributed by atoms with van der Waals surface area (Å²) in [6, 6.07) is 21.0. The van der Waals surface area contributed by atoms with Crippen molar-refractivity contribution in [3.05, 3.63) is 82.7 Å². The van der Waals surface area contributed by atoms with Crippen molar-refractivity contribution in [1.29, 1.82) is 0 Å². The number of carbonyl (C=O) groups is 1. The van der Waals surface area contributed by atoms with Gasteiger partial charge < -0.3 is 0 Å². The Morgan fingerprint density at radius 1 is 0.929 bits per heavy atom. The van der Waals surface area contributed by atoms with E-state index in [1.807, 2.05) is 36.4 Å². The first kappa shape index (κ1) is 19.2. The monoisotopic (exact) mass is 448 g/mol. The summed E-state index contributed by atoms with van der Waals surface area (Å²) in [6.07, 6.45) is 0. The molecule has 4 rings (SSSR count). The molecule has 1 amide bonds. The van der Waals surface area contributed by atoms with Crippen LogP contribution in [0, 0.1) is 0 Å². The molecule has 1 unspecified atom stereocenters. The summed E-state index contributed by atoms with van der Waals surface area (Å²) in [4.78, 5) is 14.5. The second-order valence-electron chi connectivity index (χ2n) is 5.83. The van der Waals surface area contributed by atoms with Crippen LogP contribution in [0.15, 0.2) is 81.4 Å².